The first-order chi connectivity index (χ1) is 9.47. The lowest BCUT2D eigenvalue weighted by Crippen LogP contribution is -2.44. The number of hydrogen-bond acceptors (Lipinski definition) is 3. The highest BCUT2D eigenvalue weighted by Gasteiger charge is 2.23. The predicted octanol–water partition coefficient (Wildman–Crippen LogP) is 2.25. The summed E-state index contributed by atoms with van der Waals surface area (Å²) in [6, 6.07) is 5.37. The summed E-state index contributed by atoms with van der Waals surface area (Å²) in [5.41, 5.74) is 1.04. The van der Waals surface area contributed by atoms with Crippen LogP contribution in [0.2, 0.25) is 0 Å². The molecule has 0 aromatic heterocycles. The summed E-state index contributed by atoms with van der Waals surface area (Å²) in [6.45, 7) is 2.99. The number of piperidine rings is 1. The second-order valence-corrected chi connectivity index (χ2v) is 5.84. The van der Waals surface area contributed by atoms with Gasteiger partial charge in [0.15, 0.2) is 0 Å². The van der Waals surface area contributed by atoms with Crippen molar-refractivity contribution in [2.45, 2.75) is 25.8 Å². The van der Waals surface area contributed by atoms with E-state index < -0.39 is 5.97 Å². The molecule has 0 spiro atoms. The Labute approximate surface area is 126 Å². The van der Waals surface area contributed by atoms with Gasteiger partial charge in [-0.15, -0.1) is 0 Å². The van der Waals surface area contributed by atoms with Crippen molar-refractivity contribution in [1.82, 2.24) is 5.32 Å². The van der Waals surface area contributed by atoms with Crippen LogP contribution in [-0.4, -0.2) is 36.1 Å². The molecule has 1 aliphatic rings. The van der Waals surface area contributed by atoms with Crippen LogP contribution >= 0.6 is 15.9 Å². The summed E-state index contributed by atoms with van der Waals surface area (Å²) in [5, 5.41) is 12.2. The zero-order chi connectivity index (χ0) is 14.7. The zero-order valence-electron chi connectivity index (χ0n) is 11.2. The molecule has 20 heavy (non-hydrogen) atoms. The number of benzene rings is 1. The lowest BCUT2D eigenvalue weighted by molar-refractivity contribution is -0.119. The van der Waals surface area contributed by atoms with Crippen LogP contribution in [0, 0.1) is 0 Å². The maximum Gasteiger partial charge on any atom is 0.337 e. The summed E-state index contributed by atoms with van der Waals surface area (Å²) < 4.78 is 0.862. The molecule has 1 aromatic rings. The molecule has 1 saturated heterocycles. The average Bonchev–Trinajstić information content (AvgIpc) is 2.38. The highest BCUT2D eigenvalue weighted by molar-refractivity contribution is 9.10. The maximum absolute atomic E-state index is 11.3. The van der Waals surface area contributed by atoms with Crippen LogP contribution in [0.1, 0.15) is 30.1 Å². The van der Waals surface area contributed by atoms with Crippen LogP contribution in [0.15, 0.2) is 22.7 Å². The molecule has 6 heteroatoms. The standard InChI is InChI=1S/C14H17BrN2O3/c1-9(18)16-11-4-6-17(7-5-11)13-8-10(15)2-3-12(13)14(19)20/h2-3,8,11H,4-7H2,1H3,(H,16,18)(H,19,20). The van der Waals surface area contributed by atoms with Gasteiger partial charge in [0.2, 0.25) is 5.91 Å². The Balaban J connectivity index is 2.12. The van der Waals surface area contributed by atoms with Gasteiger partial charge in [0.1, 0.15) is 0 Å². The molecule has 1 aromatic carbocycles. The maximum atomic E-state index is 11.3. The Kier molecular flexibility index (Phi) is 4.65. The van der Waals surface area contributed by atoms with Gasteiger partial charge in [0, 0.05) is 30.5 Å². The molecule has 1 heterocycles. The average molecular weight is 341 g/mol. The molecular formula is C14H17BrN2O3. The number of carbonyl (C=O) groups excluding carboxylic acids is 1. The number of aromatic carboxylic acids is 1. The molecule has 108 valence electrons. The van der Waals surface area contributed by atoms with Gasteiger partial charge in [0.25, 0.3) is 0 Å². The van der Waals surface area contributed by atoms with E-state index in [1.54, 1.807) is 12.1 Å². The number of rotatable bonds is 3. The third kappa shape index (κ3) is 3.50. The van der Waals surface area contributed by atoms with E-state index in [0.29, 0.717) is 5.56 Å². The van der Waals surface area contributed by atoms with Crippen LogP contribution in [0.3, 0.4) is 0 Å². The fraction of sp³-hybridized carbons (Fsp3) is 0.429. The first kappa shape index (κ1) is 14.8. The summed E-state index contributed by atoms with van der Waals surface area (Å²) in [7, 11) is 0. The van der Waals surface area contributed by atoms with Gasteiger partial charge < -0.3 is 15.3 Å². The minimum absolute atomic E-state index is 0.0165. The first-order valence-electron chi connectivity index (χ1n) is 6.52. The van der Waals surface area contributed by atoms with Crippen LogP contribution in [0.25, 0.3) is 0 Å². The Morgan fingerprint density at radius 1 is 1.35 bits per heavy atom. The lowest BCUT2D eigenvalue weighted by Gasteiger charge is -2.34. The molecule has 1 aliphatic heterocycles. The van der Waals surface area contributed by atoms with Crippen molar-refractivity contribution in [1.29, 1.82) is 0 Å². The van der Waals surface area contributed by atoms with Crippen molar-refractivity contribution >= 4 is 33.5 Å². The monoisotopic (exact) mass is 340 g/mol. The molecule has 0 bridgehead atoms. The number of anilines is 1. The third-order valence-electron chi connectivity index (χ3n) is 3.43. The van der Waals surface area contributed by atoms with E-state index in [-0.39, 0.29) is 11.9 Å². The number of amides is 1. The smallest absolute Gasteiger partial charge is 0.337 e. The van der Waals surface area contributed by atoms with E-state index in [1.165, 1.54) is 6.92 Å². The van der Waals surface area contributed by atoms with Gasteiger partial charge >= 0.3 is 5.97 Å². The van der Waals surface area contributed by atoms with Crippen molar-refractivity contribution in [3.8, 4) is 0 Å². The van der Waals surface area contributed by atoms with Crippen molar-refractivity contribution < 1.29 is 14.7 Å². The summed E-state index contributed by atoms with van der Waals surface area (Å²) in [4.78, 5) is 24.4. The van der Waals surface area contributed by atoms with E-state index in [4.69, 9.17) is 0 Å². The molecular weight excluding hydrogens is 324 g/mol. The van der Waals surface area contributed by atoms with Crippen molar-refractivity contribution in [3.63, 3.8) is 0 Å². The van der Waals surface area contributed by atoms with Gasteiger partial charge in [-0.1, -0.05) is 15.9 Å². The molecule has 0 aliphatic carbocycles. The van der Waals surface area contributed by atoms with E-state index in [2.05, 4.69) is 26.1 Å². The van der Waals surface area contributed by atoms with Gasteiger partial charge in [0.05, 0.1) is 11.3 Å². The van der Waals surface area contributed by atoms with E-state index in [1.807, 2.05) is 6.07 Å². The second kappa shape index (κ2) is 6.26. The normalized spacial score (nSPS) is 16.0. The third-order valence-corrected chi connectivity index (χ3v) is 3.93. The SMILES string of the molecule is CC(=O)NC1CCN(c2cc(Br)ccc2C(=O)O)CC1. The minimum atomic E-state index is -0.920. The van der Waals surface area contributed by atoms with Crippen molar-refractivity contribution in [3.05, 3.63) is 28.2 Å². The minimum Gasteiger partial charge on any atom is -0.478 e. The number of carbonyl (C=O) groups is 2. The fourth-order valence-corrected chi connectivity index (χ4v) is 2.85. The predicted molar refractivity (Wildman–Crippen MR) is 80.2 cm³/mol. The molecule has 5 nitrogen and oxygen atoms in total. The topological polar surface area (TPSA) is 69.6 Å². The largest absolute Gasteiger partial charge is 0.478 e. The Hall–Kier alpha value is -1.56. The number of halogens is 1. The van der Waals surface area contributed by atoms with Gasteiger partial charge in [-0.2, -0.15) is 0 Å². The number of carboxylic acids is 1. The molecule has 0 radical (unpaired) electrons. The van der Waals surface area contributed by atoms with Gasteiger partial charge in [-0.25, -0.2) is 4.79 Å². The summed E-state index contributed by atoms with van der Waals surface area (Å²) in [5.74, 6) is -0.936. The highest BCUT2D eigenvalue weighted by Crippen LogP contribution is 2.28. The van der Waals surface area contributed by atoms with E-state index in [9.17, 15) is 14.7 Å². The number of nitrogens with one attached hydrogen (secondary N) is 1. The summed E-state index contributed by atoms with van der Waals surface area (Å²) >= 11 is 3.38. The summed E-state index contributed by atoms with van der Waals surface area (Å²) in [6.07, 6.45) is 1.65. The molecule has 1 amide bonds. The molecule has 2 N–H and O–H groups in total. The zero-order valence-corrected chi connectivity index (χ0v) is 12.8. The quantitative estimate of drug-likeness (QED) is 0.885. The number of hydrogen-bond donors (Lipinski definition) is 2. The Bertz CT molecular complexity index is 525. The number of nitrogens with zero attached hydrogens (tertiary/aromatic N) is 1. The van der Waals surface area contributed by atoms with Crippen molar-refractivity contribution in [2.75, 3.05) is 18.0 Å². The molecule has 2 rings (SSSR count). The molecule has 0 atom stereocenters. The highest BCUT2D eigenvalue weighted by atomic mass is 79.9. The lowest BCUT2D eigenvalue weighted by atomic mass is 10.0. The van der Waals surface area contributed by atoms with Crippen molar-refractivity contribution in [2.24, 2.45) is 0 Å². The van der Waals surface area contributed by atoms with Crippen LogP contribution in [-0.2, 0) is 4.79 Å². The second-order valence-electron chi connectivity index (χ2n) is 4.93. The van der Waals surface area contributed by atoms with Gasteiger partial charge in [-0.3, -0.25) is 4.79 Å². The van der Waals surface area contributed by atoms with Crippen LogP contribution in [0.4, 0.5) is 5.69 Å². The fourth-order valence-electron chi connectivity index (χ4n) is 2.50. The van der Waals surface area contributed by atoms with E-state index >= 15 is 0 Å². The Morgan fingerprint density at radius 2 is 2.00 bits per heavy atom. The van der Waals surface area contributed by atoms with E-state index in [0.717, 1.165) is 36.1 Å². The molecule has 0 saturated carbocycles. The van der Waals surface area contributed by atoms with Crippen LogP contribution in [0.5, 0.6) is 0 Å². The first-order valence-corrected chi connectivity index (χ1v) is 7.31. The van der Waals surface area contributed by atoms with Crippen LogP contribution < -0.4 is 10.2 Å². The molecule has 0 unspecified atom stereocenters. The number of carboxylic acid groups (broad SMARTS) is 1. The van der Waals surface area contributed by atoms with Gasteiger partial charge in [-0.05, 0) is 31.0 Å². The Morgan fingerprint density at radius 3 is 2.55 bits per heavy atom. The molecule has 1 fully saturated rings.